The van der Waals surface area contributed by atoms with Gasteiger partial charge in [-0.05, 0) is 27.1 Å². The highest BCUT2D eigenvalue weighted by molar-refractivity contribution is 5.90. The Balaban J connectivity index is 0.000000381. The van der Waals surface area contributed by atoms with Crippen molar-refractivity contribution in [2.45, 2.75) is 26.8 Å². The van der Waals surface area contributed by atoms with Crippen molar-refractivity contribution < 1.29 is 0 Å². The molecule has 0 amide bonds. The number of nitrogens with one attached hydrogen (secondary N) is 1. The lowest BCUT2D eigenvalue weighted by atomic mass is 10.2. The van der Waals surface area contributed by atoms with Crippen LogP contribution < -0.4 is 10.9 Å². The molecule has 0 saturated heterocycles. The number of anilines is 1. The number of hydrogen-bond donors (Lipinski definition) is 1. The first-order valence-electron chi connectivity index (χ1n) is 9.36. The highest BCUT2D eigenvalue weighted by Gasteiger charge is 2.11. The summed E-state index contributed by atoms with van der Waals surface area (Å²) in [6.07, 6.45) is 0. The summed E-state index contributed by atoms with van der Waals surface area (Å²) in [5.74, 6) is 0.757. The van der Waals surface area contributed by atoms with Crippen LogP contribution in [0, 0.1) is 0 Å². The van der Waals surface area contributed by atoms with Crippen molar-refractivity contribution in [1.29, 1.82) is 0 Å². The minimum Gasteiger partial charge on any atom is -0.364 e. The van der Waals surface area contributed by atoms with E-state index in [0.717, 1.165) is 17.7 Å². The van der Waals surface area contributed by atoms with Crippen LogP contribution >= 0.6 is 0 Å². The van der Waals surface area contributed by atoms with Gasteiger partial charge in [-0.1, -0.05) is 68.4 Å². The summed E-state index contributed by atoms with van der Waals surface area (Å²) in [5, 5.41) is 9.26. The highest BCUT2D eigenvalue weighted by Crippen LogP contribution is 2.18. The zero-order valence-corrected chi connectivity index (χ0v) is 17.3. The molecule has 1 aromatic heterocycles. The number of rotatable bonds is 4. The Kier molecular flexibility index (Phi) is 9.83. The summed E-state index contributed by atoms with van der Waals surface area (Å²) < 4.78 is 1.38. The van der Waals surface area contributed by atoms with Crippen LogP contribution in [0.3, 0.4) is 0 Å². The number of nitrogens with zero attached hydrogens (tertiary/aromatic N) is 3. The SMILES string of the molecule is CC.CC(CN(C)C)Nc1nn(C)c(=O)c2ccccc12.c1ccccc1. The lowest BCUT2D eigenvalue weighted by molar-refractivity contribution is 0.391. The van der Waals surface area contributed by atoms with Crippen LogP contribution in [0.15, 0.2) is 65.5 Å². The summed E-state index contributed by atoms with van der Waals surface area (Å²) in [6.45, 7) is 7.00. The van der Waals surface area contributed by atoms with Gasteiger partial charge in [-0.2, -0.15) is 5.10 Å². The molecule has 1 unspecified atom stereocenters. The third-order valence-electron chi connectivity index (χ3n) is 3.65. The van der Waals surface area contributed by atoms with Crippen molar-refractivity contribution in [2.24, 2.45) is 7.05 Å². The highest BCUT2D eigenvalue weighted by atomic mass is 16.1. The molecule has 27 heavy (non-hydrogen) atoms. The quantitative estimate of drug-likeness (QED) is 0.756. The second kappa shape index (κ2) is 11.9. The molecule has 0 spiro atoms. The zero-order valence-electron chi connectivity index (χ0n) is 17.3. The van der Waals surface area contributed by atoms with Crippen LogP contribution in [0.4, 0.5) is 5.82 Å². The first kappa shape index (κ1) is 22.4. The number of aromatic nitrogens is 2. The Morgan fingerprint density at radius 3 is 1.93 bits per heavy atom. The van der Waals surface area contributed by atoms with Gasteiger partial charge < -0.3 is 10.2 Å². The molecule has 146 valence electrons. The van der Waals surface area contributed by atoms with E-state index in [2.05, 4.69) is 22.2 Å². The van der Waals surface area contributed by atoms with Gasteiger partial charge in [-0.3, -0.25) is 4.79 Å². The van der Waals surface area contributed by atoms with Crippen LogP contribution in [0.2, 0.25) is 0 Å². The summed E-state index contributed by atoms with van der Waals surface area (Å²) in [6, 6.07) is 19.8. The van der Waals surface area contributed by atoms with Crippen molar-refractivity contribution in [3.63, 3.8) is 0 Å². The van der Waals surface area contributed by atoms with Crippen LogP contribution in [-0.4, -0.2) is 41.4 Å². The average molecular weight is 369 g/mol. The number of fused-ring (bicyclic) bond motifs is 1. The number of likely N-dealkylation sites (N-methyl/N-ethyl adjacent to an activating group) is 1. The lowest BCUT2D eigenvalue weighted by Gasteiger charge is -2.20. The van der Waals surface area contributed by atoms with Crippen molar-refractivity contribution in [2.75, 3.05) is 26.0 Å². The lowest BCUT2D eigenvalue weighted by Crippen LogP contribution is -2.31. The molecule has 0 radical (unpaired) electrons. The van der Waals surface area contributed by atoms with Crippen LogP contribution in [0.25, 0.3) is 10.8 Å². The van der Waals surface area contributed by atoms with Gasteiger partial charge in [-0.25, -0.2) is 4.68 Å². The normalized spacial score (nSPS) is 11.1. The van der Waals surface area contributed by atoms with Gasteiger partial charge in [0, 0.05) is 25.0 Å². The van der Waals surface area contributed by atoms with E-state index in [1.807, 2.05) is 88.6 Å². The van der Waals surface area contributed by atoms with Gasteiger partial charge in [-0.15, -0.1) is 0 Å². The van der Waals surface area contributed by atoms with Gasteiger partial charge in [0.15, 0.2) is 5.82 Å². The average Bonchev–Trinajstić information content (AvgIpc) is 2.69. The summed E-state index contributed by atoms with van der Waals surface area (Å²) >= 11 is 0. The van der Waals surface area contributed by atoms with E-state index in [9.17, 15) is 4.79 Å². The molecule has 1 heterocycles. The second-order valence-electron chi connectivity index (χ2n) is 6.29. The fourth-order valence-electron chi connectivity index (χ4n) is 2.62. The number of aryl methyl sites for hydroxylation is 1. The van der Waals surface area contributed by atoms with Gasteiger partial charge in [0.1, 0.15) is 0 Å². The fraction of sp³-hybridized carbons (Fsp3) is 0.364. The molecule has 2 aromatic carbocycles. The molecule has 1 atom stereocenters. The maximum atomic E-state index is 12.0. The predicted octanol–water partition coefficient (Wildman–Crippen LogP) is 4.01. The Labute approximate surface area is 162 Å². The van der Waals surface area contributed by atoms with E-state index in [1.54, 1.807) is 7.05 Å². The van der Waals surface area contributed by atoms with E-state index >= 15 is 0 Å². The van der Waals surface area contributed by atoms with E-state index < -0.39 is 0 Å². The molecule has 0 aliphatic heterocycles. The van der Waals surface area contributed by atoms with E-state index in [4.69, 9.17) is 0 Å². The van der Waals surface area contributed by atoms with Crippen LogP contribution in [0.1, 0.15) is 20.8 Å². The van der Waals surface area contributed by atoms with Gasteiger partial charge in [0.25, 0.3) is 5.56 Å². The maximum absolute atomic E-state index is 12.0. The second-order valence-corrected chi connectivity index (χ2v) is 6.29. The molecule has 5 heteroatoms. The third kappa shape index (κ3) is 7.23. The Bertz CT molecular complexity index is 817. The first-order chi connectivity index (χ1) is 13.0. The molecule has 5 nitrogen and oxygen atoms in total. The fourth-order valence-corrected chi connectivity index (χ4v) is 2.62. The third-order valence-corrected chi connectivity index (χ3v) is 3.65. The minimum atomic E-state index is -0.0681. The largest absolute Gasteiger partial charge is 0.364 e. The Hall–Kier alpha value is -2.66. The van der Waals surface area contributed by atoms with E-state index in [1.165, 1.54) is 4.68 Å². The Morgan fingerprint density at radius 1 is 0.963 bits per heavy atom. The standard InChI is InChI=1S/C14H20N4O.C6H6.C2H6/c1-10(9-17(2)3)15-13-11-7-5-6-8-12(11)14(19)18(4)16-13;1-2-4-6-5-3-1;1-2/h5-8,10H,9H2,1-4H3,(H,15,16);1-6H;1-2H3. The predicted molar refractivity (Wildman–Crippen MR) is 116 cm³/mol. The summed E-state index contributed by atoms with van der Waals surface area (Å²) in [4.78, 5) is 14.1. The van der Waals surface area contributed by atoms with Crippen molar-refractivity contribution in [3.8, 4) is 0 Å². The molecule has 1 N–H and O–H groups in total. The van der Waals surface area contributed by atoms with E-state index in [0.29, 0.717) is 5.39 Å². The van der Waals surface area contributed by atoms with E-state index in [-0.39, 0.29) is 11.6 Å². The molecule has 0 saturated carbocycles. The van der Waals surface area contributed by atoms with Gasteiger partial charge in [0.05, 0.1) is 5.39 Å². The molecular formula is C22H32N4O. The van der Waals surface area contributed by atoms with Crippen molar-refractivity contribution >= 4 is 16.6 Å². The molecule has 0 bridgehead atoms. The Morgan fingerprint density at radius 2 is 1.44 bits per heavy atom. The van der Waals surface area contributed by atoms with Gasteiger partial charge in [0.2, 0.25) is 0 Å². The number of hydrogen-bond acceptors (Lipinski definition) is 4. The first-order valence-corrected chi connectivity index (χ1v) is 9.36. The minimum absolute atomic E-state index is 0.0681. The molecule has 3 rings (SSSR count). The van der Waals surface area contributed by atoms with Crippen molar-refractivity contribution in [1.82, 2.24) is 14.7 Å². The molecule has 3 aromatic rings. The molecule has 0 aliphatic rings. The van der Waals surface area contributed by atoms with Crippen molar-refractivity contribution in [3.05, 3.63) is 71.0 Å². The van der Waals surface area contributed by atoms with Crippen LogP contribution in [-0.2, 0) is 7.05 Å². The zero-order chi connectivity index (χ0) is 20.2. The smallest absolute Gasteiger partial charge is 0.274 e. The topological polar surface area (TPSA) is 50.2 Å². The molecule has 0 fully saturated rings. The maximum Gasteiger partial charge on any atom is 0.274 e. The van der Waals surface area contributed by atoms with Crippen LogP contribution in [0.5, 0.6) is 0 Å². The number of benzene rings is 2. The monoisotopic (exact) mass is 368 g/mol. The summed E-state index contributed by atoms with van der Waals surface area (Å²) in [7, 11) is 5.74. The van der Waals surface area contributed by atoms with Gasteiger partial charge >= 0.3 is 0 Å². The molecule has 0 aliphatic carbocycles. The molecular weight excluding hydrogens is 336 g/mol. The summed E-state index contributed by atoms with van der Waals surface area (Å²) in [5.41, 5.74) is -0.0681.